The second kappa shape index (κ2) is 11.4. The number of hydrogen-bond donors (Lipinski definition) is 2. The van der Waals surface area contributed by atoms with Gasteiger partial charge in [0.2, 0.25) is 5.95 Å². The van der Waals surface area contributed by atoms with E-state index in [0.717, 1.165) is 38.0 Å². The highest BCUT2D eigenvalue weighted by Crippen LogP contribution is 2.36. The molecule has 10 nitrogen and oxygen atoms in total. The Morgan fingerprint density at radius 1 is 1.18 bits per heavy atom. The highest BCUT2D eigenvalue weighted by Gasteiger charge is 2.21. The van der Waals surface area contributed by atoms with Crippen molar-refractivity contribution < 1.29 is 13.9 Å². The molecule has 1 aliphatic rings. The second-order valence-corrected chi connectivity index (χ2v) is 10.0. The number of nitrogens with two attached hydrogens (primary N) is 1. The molecule has 1 unspecified atom stereocenters. The molecule has 3 N–H and O–H groups in total. The van der Waals surface area contributed by atoms with Gasteiger partial charge in [-0.05, 0) is 57.6 Å². The van der Waals surface area contributed by atoms with Crippen molar-refractivity contribution in [3.63, 3.8) is 0 Å². The van der Waals surface area contributed by atoms with Gasteiger partial charge in [0, 0.05) is 50.0 Å². The van der Waals surface area contributed by atoms with E-state index in [9.17, 15) is 0 Å². The number of rotatable bonds is 9. The molecule has 1 saturated heterocycles. The van der Waals surface area contributed by atoms with Crippen molar-refractivity contribution in [2.24, 2.45) is 0 Å². The summed E-state index contributed by atoms with van der Waals surface area (Å²) >= 11 is 0. The molecule has 1 fully saturated rings. The zero-order valence-electron chi connectivity index (χ0n) is 22.8. The number of nitrogens with one attached hydrogen (secondary N) is 1. The maximum Gasteiger partial charge on any atom is 0.227 e. The normalized spacial score (nSPS) is 15.6. The standard InChI is InChI=1S/C28H35FN8O2/c1-35(2)10-11-36(3)24-16-25(38-4)23(15-21(24)30)34-28-31-9-8-22(33-28)18-13-19-17-32-37(27(19)20(29)14-18)26-7-5-6-12-39-26/h8-9,13-17,26H,5-7,10-12,30H2,1-4H3,(H,31,33,34). The van der Waals surface area contributed by atoms with Crippen molar-refractivity contribution in [1.82, 2.24) is 24.6 Å². The number of methoxy groups -OCH3 is 1. The van der Waals surface area contributed by atoms with Crippen molar-refractivity contribution in [3.8, 4) is 17.0 Å². The lowest BCUT2D eigenvalue weighted by Crippen LogP contribution is -2.29. The summed E-state index contributed by atoms with van der Waals surface area (Å²) < 4.78 is 28.5. The van der Waals surface area contributed by atoms with Crippen LogP contribution in [-0.4, -0.2) is 72.6 Å². The molecule has 0 saturated carbocycles. The number of anilines is 4. The Hall–Kier alpha value is -3.96. The molecule has 1 atom stereocenters. The lowest BCUT2D eigenvalue weighted by molar-refractivity contribution is -0.0369. The summed E-state index contributed by atoms with van der Waals surface area (Å²) in [5.74, 6) is 0.575. The van der Waals surface area contributed by atoms with Gasteiger partial charge in [-0.1, -0.05) is 0 Å². The molecule has 206 valence electrons. The Balaban J connectivity index is 1.40. The van der Waals surface area contributed by atoms with E-state index >= 15 is 4.39 Å². The first-order valence-corrected chi connectivity index (χ1v) is 13.1. The highest BCUT2D eigenvalue weighted by molar-refractivity contribution is 5.85. The molecule has 1 aliphatic heterocycles. The van der Waals surface area contributed by atoms with Gasteiger partial charge in [-0.2, -0.15) is 5.10 Å². The fourth-order valence-corrected chi connectivity index (χ4v) is 4.78. The molecule has 5 rings (SSSR count). The van der Waals surface area contributed by atoms with Crippen LogP contribution in [0.2, 0.25) is 0 Å². The average molecular weight is 535 g/mol. The highest BCUT2D eigenvalue weighted by atomic mass is 19.1. The van der Waals surface area contributed by atoms with Gasteiger partial charge in [0.05, 0.1) is 36.1 Å². The van der Waals surface area contributed by atoms with Gasteiger partial charge >= 0.3 is 0 Å². The smallest absolute Gasteiger partial charge is 0.227 e. The quantitative estimate of drug-likeness (QED) is 0.296. The predicted octanol–water partition coefficient (Wildman–Crippen LogP) is 4.66. The summed E-state index contributed by atoms with van der Waals surface area (Å²) in [4.78, 5) is 13.2. The van der Waals surface area contributed by atoms with Crippen LogP contribution in [0.3, 0.4) is 0 Å². The number of nitrogens with zero attached hydrogens (tertiary/aromatic N) is 6. The summed E-state index contributed by atoms with van der Waals surface area (Å²) in [5, 5.41) is 8.33. The SMILES string of the molecule is COc1cc(N(C)CCN(C)C)c(N)cc1Nc1nccc(-c2cc(F)c3c(cnn3C3CCCCO3)c2)n1. The van der Waals surface area contributed by atoms with E-state index in [4.69, 9.17) is 15.2 Å². The topological polar surface area (TPSA) is 107 Å². The van der Waals surface area contributed by atoms with Crippen molar-refractivity contribution in [1.29, 1.82) is 0 Å². The van der Waals surface area contributed by atoms with E-state index in [2.05, 4.69) is 30.2 Å². The monoisotopic (exact) mass is 534 g/mol. The lowest BCUT2D eigenvalue weighted by atomic mass is 10.1. The number of halogens is 1. The van der Waals surface area contributed by atoms with Gasteiger partial charge < -0.3 is 30.3 Å². The molecule has 39 heavy (non-hydrogen) atoms. The van der Waals surface area contributed by atoms with Gasteiger partial charge in [-0.25, -0.2) is 19.0 Å². The molecular formula is C28H35FN8O2. The van der Waals surface area contributed by atoms with Crippen molar-refractivity contribution in [3.05, 3.63) is 48.5 Å². The van der Waals surface area contributed by atoms with E-state index in [1.54, 1.807) is 30.3 Å². The van der Waals surface area contributed by atoms with Crippen molar-refractivity contribution >= 4 is 33.9 Å². The molecule has 0 spiro atoms. The summed E-state index contributed by atoms with van der Waals surface area (Å²) in [6, 6.07) is 8.81. The van der Waals surface area contributed by atoms with E-state index in [-0.39, 0.29) is 12.0 Å². The zero-order valence-corrected chi connectivity index (χ0v) is 22.8. The maximum atomic E-state index is 15.4. The molecule has 4 aromatic rings. The van der Waals surface area contributed by atoms with Gasteiger partial charge in [-0.3, -0.25) is 0 Å². The molecule has 0 amide bonds. The van der Waals surface area contributed by atoms with Crippen LogP contribution in [0.4, 0.5) is 27.4 Å². The summed E-state index contributed by atoms with van der Waals surface area (Å²) in [5.41, 5.74) is 10.1. The number of benzene rings is 2. The molecule has 0 aliphatic carbocycles. The number of likely N-dealkylation sites (N-methyl/N-ethyl adjacent to an activating group) is 2. The van der Waals surface area contributed by atoms with Crippen molar-refractivity contribution in [2.45, 2.75) is 25.5 Å². The number of aromatic nitrogens is 4. The summed E-state index contributed by atoms with van der Waals surface area (Å²) in [6.07, 6.45) is 5.93. The van der Waals surface area contributed by atoms with Gasteiger partial charge in [-0.15, -0.1) is 0 Å². The van der Waals surface area contributed by atoms with Crippen LogP contribution in [-0.2, 0) is 4.74 Å². The Morgan fingerprint density at radius 2 is 2.03 bits per heavy atom. The molecular weight excluding hydrogens is 499 g/mol. The summed E-state index contributed by atoms with van der Waals surface area (Å²) in [6.45, 7) is 2.36. The number of fused-ring (bicyclic) bond motifs is 1. The van der Waals surface area contributed by atoms with E-state index in [0.29, 0.717) is 51.8 Å². The molecule has 2 aromatic heterocycles. The third kappa shape index (κ3) is 5.74. The fourth-order valence-electron chi connectivity index (χ4n) is 4.78. The van der Waals surface area contributed by atoms with Crippen LogP contribution in [0.1, 0.15) is 25.5 Å². The van der Waals surface area contributed by atoms with Crippen LogP contribution < -0.4 is 20.7 Å². The number of nitrogen functional groups attached to an aromatic ring is 1. The van der Waals surface area contributed by atoms with Crippen LogP contribution in [0.25, 0.3) is 22.2 Å². The first kappa shape index (κ1) is 26.6. The maximum absolute atomic E-state index is 15.4. The Labute approximate surface area is 227 Å². The van der Waals surface area contributed by atoms with Crippen LogP contribution in [0.5, 0.6) is 5.75 Å². The van der Waals surface area contributed by atoms with E-state index < -0.39 is 0 Å². The number of ether oxygens (including phenoxy) is 2. The molecule has 0 bridgehead atoms. The Kier molecular flexibility index (Phi) is 7.80. The van der Waals surface area contributed by atoms with Crippen LogP contribution in [0, 0.1) is 5.82 Å². The van der Waals surface area contributed by atoms with Gasteiger partial charge in [0.1, 0.15) is 17.1 Å². The Bertz CT molecular complexity index is 1450. The second-order valence-electron chi connectivity index (χ2n) is 10.0. The Morgan fingerprint density at radius 3 is 2.77 bits per heavy atom. The minimum absolute atomic E-state index is 0.243. The largest absolute Gasteiger partial charge is 0.494 e. The summed E-state index contributed by atoms with van der Waals surface area (Å²) in [7, 11) is 7.67. The predicted molar refractivity (Wildman–Crippen MR) is 152 cm³/mol. The average Bonchev–Trinajstić information content (AvgIpc) is 3.37. The third-order valence-corrected chi connectivity index (χ3v) is 6.91. The lowest BCUT2D eigenvalue weighted by Gasteiger charge is -2.24. The minimum Gasteiger partial charge on any atom is -0.494 e. The first-order valence-electron chi connectivity index (χ1n) is 13.1. The zero-order chi connectivity index (χ0) is 27.5. The van der Waals surface area contributed by atoms with Gasteiger partial charge in [0.25, 0.3) is 0 Å². The molecule has 11 heteroatoms. The minimum atomic E-state index is -0.370. The first-order chi connectivity index (χ1) is 18.8. The van der Waals surface area contributed by atoms with E-state index in [1.165, 1.54) is 6.07 Å². The van der Waals surface area contributed by atoms with E-state index in [1.807, 2.05) is 39.3 Å². The van der Waals surface area contributed by atoms with Gasteiger partial charge in [0.15, 0.2) is 6.23 Å². The molecule has 2 aromatic carbocycles. The van der Waals surface area contributed by atoms with Crippen molar-refractivity contribution in [2.75, 3.05) is 63.9 Å². The molecule has 0 radical (unpaired) electrons. The van der Waals surface area contributed by atoms with Crippen LogP contribution in [0.15, 0.2) is 42.7 Å². The molecule has 3 heterocycles. The number of hydrogen-bond acceptors (Lipinski definition) is 9. The van der Waals surface area contributed by atoms with Crippen LogP contribution >= 0.6 is 0 Å². The fraction of sp³-hybridized carbons (Fsp3) is 0.393. The third-order valence-electron chi connectivity index (χ3n) is 6.91.